The highest BCUT2D eigenvalue weighted by atomic mass is 19.1. The van der Waals surface area contributed by atoms with Gasteiger partial charge >= 0.3 is 0 Å². The average molecular weight is 264 g/mol. The SMILES string of the molecule is CN(CCC1(CN)CCCCC1)c1ccc(F)cc1. The Hall–Kier alpha value is -1.09. The minimum Gasteiger partial charge on any atom is -0.375 e. The van der Waals surface area contributed by atoms with Crippen LogP contribution in [-0.4, -0.2) is 20.1 Å². The zero-order valence-electron chi connectivity index (χ0n) is 11.9. The van der Waals surface area contributed by atoms with Gasteiger partial charge in [-0.15, -0.1) is 0 Å². The van der Waals surface area contributed by atoms with Gasteiger partial charge in [0.2, 0.25) is 0 Å². The summed E-state index contributed by atoms with van der Waals surface area (Å²) in [6.45, 7) is 1.78. The van der Waals surface area contributed by atoms with E-state index in [1.807, 2.05) is 12.1 Å². The molecule has 1 fully saturated rings. The molecule has 3 heteroatoms. The molecule has 0 atom stereocenters. The van der Waals surface area contributed by atoms with Crippen LogP contribution in [-0.2, 0) is 0 Å². The normalized spacial score (nSPS) is 18.3. The van der Waals surface area contributed by atoms with E-state index in [9.17, 15) is 4.39 Å². The summed E-state index contributed by atoms with van der Waals surface area (Å²) in [6, 6.07) is 6.72. The van der Waals surface area contributed by atoms with Gasteiger partial charge in [-0.1, -0.05) is 19.3 Å². The maximum atomic E-state index is 12.9. The fourth-order valence-corrected chi connectivity index (χ4v) is 3.09. The van der Waals surface area contributed by atoms with Crippen molar-refractivity contribution < 1.29 is 4.39 Å². The van der Waals surface area contributed by atoms with E-state index in [1.165, 1.54) is 44.2 Å². The van der Waals surface area contributed by atoms with Crippen molar-refractivity contribution in [3.8, 4) is 0 Å². The molecule has 19 heavy (non-hydrogen) atoms. The molecule has 0 aromatic heterocycles. The summed E-state index contributed by atoms with van der Waals surface area (Å²) in [5.41, 5.74) is 7.43. The van der Waals surface area contributed by atoms with Crippen LogP contribution in [0.4, 0.5) is 10.1 Å². The van der Waals surface area contributed by atoms with Gasteiger partial charge in [0, 0.05) is 19.3 Å². The van der Waals surface area contributed by atoms with Gasteiger partial charge in [0.1, 0.15) is 5.82 Å². The predicted molar refractivity (Wildman–Crippen MR) is 78.9 cm³/mol. The standard InChI is InChI=1S/C16H25FN2/c1-19(15-7-5-14(17)6-8-15)12-11-16(13-18)9-3-2-4-10-16/h5-8H,2-4,9-13,18H2,1H3. The van der Waals surface area contributed by atoms with E-state index in [0.717, 1.165) is 25.2 Å². The van der Waals surface area contributed by atoms with Crippen molar-refractivity contribution in [2.24, 2.45) is 11.1 Å². The van der Waals surface area contributed by atoms with Crippen molar-refractivity contribution in [1.29, 1.82) is 0 Å². The van der Waals surface area contributed by atoms with E-state index in [1.54, 1.807) is 0 Å². The molecule has 0 heterocycles. The maximum absolute atomic E-state index is 12.9. The van der Waals surface area contributed by atoms with E-state index in [0.29, 0.717) is 5.41 Å². The highest BCUT2D eigenvalue weighted by Crippen LogP contribution is 2.38. The van der Waals surface area contributed by atoms with Crippen molar-refractivity contribution in [3.63, 3.8) is 0 Å². The van der Waals surface area contributed by atoms with Crippen LogP contribution in [0.2, 0.25) is 0 Å². The van der Waals surface area contributed by atoms with Gasteiger partial charge in [-0.3, -0.25) is 0 Å². The van der Waals surface area contributed by atoms with Crippen LogP contribution in [0.3, 0.4) is 0 Å². The smallest absolute Gasteiger partial charge is 0.123 e. The van der Waals surface area contributed by atoms with Crippen molar-refractivity contribution in [3.05, 3.63) is 30.1 Å². The highest BCUT2D eigenvalue weighted by Gasteiger charge is 2.30. The number of nitrogens with two attached hydrogens (primary N) is 1. The van der Waals surface area contributed by atoms with Crippen LogP contribution in [0.5, 0.6) is 0 Å². The molecule has 106 valence electrons. The maximum Gasteiger partial charge on any atom is 0.123 e. The monoisotopic (exact) mass is 264 g/mol. The Kier molecular flexibility index (Phi) is 4.81. The summed E-state index contributed by atoms with van der Waals surface area (Å²) < 4.78 is 12.9. The van der Waals surface area contributed by atoms with Gasteiger partial charge in [0.05, 0.1) is 0 Å². The zero-order valence-corrected chi connectivity index (χ0v) is 11.9. The number of rotatable bonds is 5. The number of anilines is 1. The van der Waals surface area contributed by atoms with Gasteiger partial charge in [-0.05, 0) is 55.5 Å². The van der Waals surface area contributed by atoms with E-state index in [2.05, 4.69) is 11.9 Å². The minimum absolute atomic E-state index is 0.178. The van der Waals surface area contributed by atoms with Gasteiger partial charge in [-0.2, -0.15) is 0 Å². The topological polar surface area (TPSA) is 29.3 Å². The Balaban J connectivity index is 1.91. The van der Waals surface area contributed by atoms with Crippen LogP contribution >= 0.6 is 0 Å². The molecule has 1 aliphatic rings. The number of halogens is 1. The van der Waals surface area contributed by atoms with Gasteiger partial charge in [-0.25, -0.2) is 4.39 Å². The van der Waals surface area contributed by atoms with Crippen molar-refractivity contribution in [1.82, 2.24) is 0 Å². The Morgan fingerprint density at radius 3 is 2.37 bits per heavy atom. The summed E-state index contributed by atoms with van der Waals surface area (Å²) in [5.74, 6) is -0.178. The second-order valence-electron chi connectivity index (χ2n) is 5.91. The highest BCUT2D eigenvalue weighted by molar-refractivity contribution is 5.45. The first-order chi connectivity index (χ1) is 9.15. The van der Waals surface area contributed by atoms with Gasteiger partial charge in [0.15, 0.2) is 0 Å². The molecular weight excluding hydrogens is 239 g/mol. The first kappa shape index (κ1) is 14.3. The Morgan fingerprint density at radius 2 is 1.79 bits per heavy atom. The van der Waals surface area contributed by atoms with Crippen LogP contribution in [0, 0.1) is 11.2 Å². The van der Waals surface area contributed by atoms with Crippen molar-refractivity contribution in [2.75, 3.05) is 25.0 Å². The number of hydrogen-bond acceptors (Lipinski definition) is 2. The third-order valence-corrected chi connectivity index (χ3v) is 4.59. The lowest BCUT2D eigenvalue weighted by atomic mass is 9.72. The molecule has 0 radical (unpaired) electrons. The van der Waals surface area contributed by atoms with Crippen LogP contribution in [0.1, 0.15) is 38.5 Å². The lowest BCUT2D eigenvalue weighted by Gasteiger charge is -2.37. The quantitative estimate of drug-likeness (QED) is 0.881. The van der Waals surface area contributed by atoms with Gasteiger partial charge < -0.3 is 10.6 Å². The zero-order chi connectivity index (χ0) is 13.7. The summed E-state index contributed by atoms with van der Waals surface area (Å²) in [7, 11) is 2.07. The van der Waals surface area contributed by atoms with Crippen molar-refractivity contribution in [2.45, 2.75) is 38.5 Å². The first-order valence-corrected chi connectivity index (χ1v) is 7.32. The molecule has 1 aliphatic carbocycles. The average Bonchev–Trinajstić information content (AvgIpc) is 2.46. The van der Waals surface area contributed by atoms with Crippen LogP contribution in [0.15, 0.2) is 24.3 Å². The molecule has 1 aromatic rings. The van der Waals surface area contributed by atoms with Gasteiger partial charge in [0.25, 0.3) is 0 Å². The molecule has 2 nitrogen and oxygen atoms in total. The predicted octanol–water partition coefficient (Wildman–Crippen LogP) is 3.56. The molecule has 0 saturated heterocycles. The summed E-state index contributed by atoms with van der Waals surface area (Å²) in [5, 5.41) is 0. The Morgan fingerprint density at radius 1 is 1.16 bits per heavy atom. The summed E-state index contributed by atoms with van der Waals surface area (Å²) in [4.78, 5) is 2.20. The third kappa shape index (κ3) is 3.69. The number of hydrogen-bond donors (Lipinski definition) is 1. The molecule has 0 unspecified atom stereocenters. The minimum atomic E-state index is -0.178. The fraction of sp³-hybridized carbons (Fsp3) is 0.625. The Labute approximate surface area is 115 Å². The largest absolute Gasteiger partial charge is 0.375 e. The molecule has 0 aliphatic heterocycles. The van der Waals surface area contributed by atoms with E-state index in [-0.39, 0.29) is 5.82 Å². The summed E-state index contributed by atoms with van der Waals surface area (Å²) in [6.07, 6.45) is 7.66. The van der Waals surface area contributed by atoms with E-state index < -0.39 is 0 Å². The molecule has 0 spiro atoms. The summed E-state index contributed by atoms with van der Waals surface area (Å²) >= 11 is 0. The number of nitrogens with zero attached hydrogens (tertiary/aromatic N) is 1. The molecule has 2 rings (SSSR count). The Bertz CT molecular complexity index is 382. The molecule has 2 N–H and O–H groups in total. The fourth-order valence-electron chi connectivity index (χ4n) is 3.09. The molecule has 0 bridgehead atoms. The first-order valence-electron chi connectivity index (χ1n) is 7.32. The van der Waals surface area contributed by atoms with Crippen LogP contribution < -0.4 is 10.6 Å². The number of benzene rings is 1. The van der Waals surface area contributed by atoms with Crippen molar-refractivity contribution >= 4 is 5.69 Å². The van der Waals surface area contributed by atoms with Crippen LogP contribution in [0.25, 0.3) is 0 Å². The molecule has 1 aromatic carbocycles. The molecular formula is C16H25FN2. The van der Waals surface area contributed by atoms with E-state index >= 15 is 0 Å². The third-order valence-electron chi connectivity index (χ3n) is 4.59. The molecule has 1 saturated carbocycles. The van der Waals surface area contributed by atoms with E-state index in [4.69, 9.17) is 5.73 Å². The second kappa shape index (κ2) is 6.38. The second-order valence-corrected chi connectivity index (χ2v) is 5.91. The molecule has 0 amide bonds. The lowest BCUT2D eigenvalue weighted by Crippen LogP contribution is -2.36. The lowest BCUT2D eigenvalue weighted by molar-refractivity contribution is 0.185.